The Kier molecular flexibility index (Phi) is 7.24. The van der Waals surface area contributed by atoms with Crippen molar-refractivity contribution in [3.63, 3.8) is 0 Å². The van der Waals surface area contributed by atoms with Crippen molar-refractivity contribution in [2.45, 2.75) is 19.3 Å². The average molecular weight is 525 g/mol. The zero-order valence-electron chi connectivity index (χ0n) is 20.5. The number of nitrogens with zero attached hydrogens (tertiary/aromatic N) is 1. The van der Waals surface area contributed by atoms with Crippen LogP contribution in [-0.4, -0.2) is 29.4 Å². The van der Waals surface area contributed by atoms with E-state index < -0.39 is 11.9 Å². The van der Waals surface area contributed by atoms with Crippen molar-refractivity contribution in [2.24, 2.45) is 0 Å². The molecule has 0 saturated heterocycles. The number of benzene rings is 4. The van der Waals surface area contributed by atoms with Crippen molar-refractivity contribution in [1.82, 2.24) is 0 Å². The van der Waals surface area contributed by atoms with Crippen LogP contribution in [0.25, 0.3) is 11.1 Å². The third kappa shape index (κ3) is 5.17. The number of carbonyl (C=O) groups excluding carboxylic acids is 2. The number of hydrogen-bond acceptors (Lipinski definition) is 3. The highest BCUT2D eigenvalue weighted by Crippen LogP contribution is 2.31. The van der Waals surface area contributed by atoms with Gasteiger partial charge in [0.25, 0.3) is 11.8 Å². The summed E-state index contributed by atoms with van der Waals surface area (Å²) >= 11 is 6.17. The van der Waals surface area contributed by atoms with Gasteiger partial charge < -0.3 is 15.3 Å². The topological polar surface area (TPSA) is 86.7 Å². The van der Waals surface area contributed by atoms with E-state index in [0.29, 0.717) is 17.1 Å². The maximum Gasteiger partial charge on any atom is 0.336 e. The normalized spacial score (nSPS) is 12.8. The van der Waals surface area contributed by atoms with E-state index in [9.17, 15) is 19.5 Å². The Balaban J connectivity index is 1.45. The minimum Gasteiger partial charge on any atom is -0.478 e. The Labute approximate surface area is 225 Å². The molecule has 4 aromatic rings. The summed E-state index contributed by atoms with van der Waals surface area (Å²) < 4.78 is 0. The molecule has 0 unspecified atom stereocenters. The van der Waals surface area contributed by atoms with Crippen LogP contribution in [0.2, 0.25) is 5.02 Å². The number of hydrogen-bond donors (Lipinski definition) is 2. The molecule has 0 bridgehead atoms. The Morgan fingerprint density at radius 2 is 1.55 bits per heavy atom. The van der Waals surface area contributed by atoms with Gasteiger partial charge in [-0.05, 0) is 78.4 Å². The highest BCUT2D eigenvalue weighted by molar-refractivity contribution is 6.30. The summed E-state index contributed by atoms with van der Waals surface area (Å²) in [7, 11) is 0. The first kappa shape index (κ1) is 25.2. The SMILES string of the molecule is O=C(O)c1cc(NC(=O)c2ccccc2-c2ccccc2)ccc1C(=O)N1CCCCc2cc(Cl)ccc21. The van der Waals surface area contributed by atoms with E-state index in [-0.39, 0.29) is 22.7 Å². The largest absolute Gasteiger partial charge is 0.478 e. The van der Waals surface area contributed by atoms with E-state index in [2.05, 4.69) is 5.32 Å². The first-order valence-electron chi connectivity index (χ1n) is 12.4. The van der Waals surface area contributed by atoms with Gasteiger partial charge in [-0.1, -0.05) is 60.1 Å². The number of rotatable bonds is 5. The van der Waals surface area contributed by atoms with Crippen LogP contribution < -0.4 is 10.2 Å². The maximum atomic E-state index is 13.6. The van der Waals surface area contributed by atoms with Crippen LogP contribution >= 0.6 is 11.6 Å². The molecule has 2 amide bonds. The molecule has 0 saturated carbocycles. The molecule has 7 heteroatoms. The van der Waals surface area contributed by atoms with E-state index in [1.807, 2.05) is 48.5 Å². The number of carboxylic acid groups (broad SMARTS) is 1. The number of nitrogens with one attached hydrogen (secondary N) is 1. The van der Waals surface area contributed by atoms with Gasteiger partial charge in [0.05, 0.1) is 11.1 Å². The molecule has 4 aromatic carbocycles. The lowest BCUT2D eigenvalue weighted by Gasteiger charge is -2.24. The molecule has 2 N–H and O–H groups in total. The molecule has 0 atom stereocenters. The van der Waals surface area contributed by atoms with Gasteiger partial charge in [0.15, 0.2) is 0 Å². The number of aromatic carboxylic acids is 1. The van der Waals surface area contributed by atoms with Crippen molar-refractivity contribution in [3.05, 3.63) is 118 Å². The van der Waals surface area contributed by atoms with Gasteiger partial charge in [0.1, 0.15) is 0 Å². The van der Waals surface area contributed by atoms with Crippen molar-refractivity contribution in [1.29, 1.82) is 0 Å². The molecule has 190 valence electrons. The van der Waals surface area contributed by atoms with Gasteiger partial charge in [-0.2, -0.15) is 0 Å². The van der Waals surface area contributed by atoms with Gasteiger partial charge in [0, 0.05) is 28.5 Å². The molecule has 6 nitrogen and oxygen atoms in total. The third-order valence-electron chi connectivity index (χ3n) is 6.65. The first-order chi connectivity index (χ1) is 18.4. The van der Waals surface area contributed by atoms with E-state index in [0.717, 1.165) is 41.6 Å². The number of aryl methyl sites for hydroxylation is 1. The second-order valence-corrected chi connectivity index (χ2v) is 9.55. The molecule has 1 aliphatic rings. The second-order valence-electron chi connectivity index (χ2n) is 9.12. The second kappa shape index (κ2) is 10.9. The smallest absolute Gasteiger partial charge is 0.336 e. The van der Waals surface area contributed by atoms with Crippen LogP contribution in [-0.2, 0) is 6.42 Å². The highest BCUT2D eigenvalue weighted by Gasteiger charge is 2.26. The number of amides is 2. The Hall–Kier alpha value is -4.42. The maximum absolute atomic E-state index is 13.6. The number of carboxylic acids is 1. The number of fused-ring (bicyclic) bond motifs is 1. The van der Waals surface area contributed by atoms with Crippen molar-refractivity contribution >= 4 is 40.8 Å². The predicted octanol–water partition coefficient (Wildman–Crippen LogP) is 6.94. The number of halogens is 1. The van der Waals surface area contributed by atoms with Gasteiger partial charge >= 0.3 is 5.97 Å². The lowest BCUT2D eigenvalue weighted by molar-refractivity contribution is 0.0691. The summed E-state index contributed by atoms with van der Waals surface area (Å²) in [5.74, 6) is -2.03. The molecular weight excluding hydrogens is 500 g/mol. The van der Waals surface area contributed by atoms with Gasteiger partial charge in [-0.3, -0.25) is 9.59 Å². The molecule has 1 aliphatic heterocycles. The van der Waals surface area contributed by atoms with Crippen molar-refractivity contribution in [3.8, 4) is 11.1 Å². The van der Waals surface area contributed by atoms with Crippen LogP contribution in [0.1, 0.15) is 49.5 Å². The fourth-order valence-corrected chi connectivity index (χ4v) is 5.01. The van der Waals surface area contributed by atoms with E-state index >= 15 is 0 Å². The van der Waals surface area contributed by atoms with E-state index in [1.165, 1.54) is 12.1 Å². The number of carbonyl (C=O) groups is 3. The zero-order valence-corrected chi connectivity index (χ0v) is 21.2. The van der Waals surface area contributed by atoms with Crippen LogP contribution in [0.15, 0.2) is 91.0 Å². The lowest BCUT2D eigenvalue weighted by atomic mass is 9.99. The fraction of sp³-hybridized carbons (Fsp3) is 0.129. The molecule has 0 radical (unpaired) electrons. The van der Waals surface area contributed by atoms with Crippen molar-refractivity contribution < 1.29 is 19.5 Å². The average Bonchev–Trinajstić information content (AvgIpc) is 3.15. The predicted molar refractivity (Wildman–Crippen MR) is 149 cm³/mol. The molecule has 0 spiro atoms. The van der Waals surface area contributed by atoms with Crippen LogP contribution in [0.4, 0.5) is 11.4 Å². The standard InChI is InChI=1S/C31H25ClN2O4/c32-22-13-16-28-21(18-22)10-6-7-17-34(28)30(36)26-15-14-23(19-27(26)31(37)38)33-29(35)25-12-5-4-11-24(25)20-8-2-1-3-9-20/h1-5,8-9,11-16,18-19H,6-7,10,17H2,(H,33,35)(H,37,38). The molecule has 1 heterocycles. The number of anilines is 2. The van der Waals surface area contributed by atoms with Gasteiger partial charge in [0.2, 0.25) is 0 Å². The third-order valence-corrected chi connectivity index (χ3v) is 6.89. The van der Waals surface area contributed by atoms with E-state index in [4.69, 9.17) is 11.6 Å². The summed E-state index contributed by atoms with van der Waals surface area (Å²) in [6, 6.07) is 26.5. The summed E-state index contributed by atoms with van der Waals surface area (Å²) in [4.78, 5) is 40.7. The molecule has 0 fully saturated rings. The Morgan fingerprint density at radius 3 is 2.34 bits per heavy atom. The zero-order chi connectivity index (χ0) is 26.6. The quantitative estimate of drug-likeness (QED) is 0.296. The van der Waals surface area contributed by atoms with E-state index in [1.54, 1.807) is 35.2 Å². The summed E-state index contributed by atoms with van der Waals surface area (Å²) in [5.41, 5.74) is 3.97. The fourth-order valence-electron chi connectivity index (χ4n) is 4.81. The first-order valence-corrected chi connectivity index (χ1v) is 12.7. The van der Waals surface area contributed by atoms with Crippen LogP contribution in [0.3, 0.4) is 0 Å². The summed E-state index contributed by atoms with van der Waals surface area (Å²) in [6.07, 6.45) is 2.48. The Bertz CT molecular complexity index is 1530. The summed E-state index contributed by atoms with van der Waals surface area (Å²) in [6.45, 7) is 0.473. The van der Waals surface area contributed by atoms with Crippen LogP contribution in [0.5, 0.6) is 0 Å². The highest BCUT2D eigenvalue weighted by atomic mass is 35.5. The van der Waals surface area contributed by atoms with Gasteiger partial charge in [-0.15, -0.1) is 0 Å². The van der Waals surface area contributed by atoms with Gasteiger partial charge in [-0.25, -0.2) is 4.79 Å². The lowest BCUT2D eigenvalue weighted by Crippen LogP contribution is -2.33. The van der Waals surface area contributed by atoms with Crippen LogP contribution in [0, 0.1) is 0 Å². The summed E-state index contributed by atoms with van der Waals surface area (Å²) in [5, 5.41) is 13.4. The molecule has 38 heavy (non-hydrogen) atoms. The minimum atomic E-state index is -1.25. The molecule has 0 aromatic heterocycles. The van der Waals surface area contributed by atoms with Crippen molar-refractivity contribution in [2.75, 3.05) is 16.8 Å². The monoisotopic (exact) mass is 524 g/mol. The molecule has 0 aliphatic carbocycles. The minimum absolute atomic E-state index is 0.0583. The molecular formula is C31H25ClN2O4. The molecule has 5 rings (SSSR count). The Morgan fingerprint density at radius 1 is 0.789 bits per heavy atom.